The van der Waals surface area contributed by atoms with Gasteiger partial charge in [0.15, 0.2) is 0 Å². The van der Waals surface area contributed by atoms with Crippen molar-refractivity contribution in [2.45, 2.75) is 12.6 Å². The first kappa shape index (κ1) is 10.7. The predicted molar refractivity (Wildman–Crippen MR) is 50.5 cm³/mol. The largest absolute Gasteiger partial charge is 0.480 e. The van der Waals surface area contributed by atoms with E-state index in [1.165, 1.54) is 0 Å². The van der Waals surface area contributed by atoms with Gasteiger partial charge in [-0.3, -0.25) is 4.79 Å². The molecule has 0 fully saturated rings. The van der Waals surface area contributed by atoms with Gasteiger partial charge in [0, 0.05) is 26.0 Å². The Morgan fingerprint density at radius 2 is 2.57 bits per heavy atom. The molecule has 6 nitrogen and oxygen atoms in total. The standard InChI is InChI=1S/C8H14N4O2/c1-12-3-2-11-7(12)5-10-4-6(9)8(13)14/h2-3,6,10H,4-5,9H2,1H3,(H,13,14)/t6-/m0/s1. The SMILES string of the molecule is Cn1ccnc1CNC[C@H](N)C(=O)O. The topological polar surface area (TPSA) is 93.2 Å². The quantitative estimate of drug-likeness (QED) is 0.559. The van der Waals surface area contributed by atoms with Gasteiger partial charge < -0.3 is 20.7 Å². The molecule has 0 aliphatic carbocycles. The molecule has 0 unspecified atom stereocenters. The van der Waals surface area contributed by atoms with Gasteiger partial charge >= 0.3 is 5.97 Å². The highest BCUT2D eigenvalue weighted by Crippen LogP contribution is 1.92. The Bertz CT molecular complexity index is 310. The van der Waals surface area contributed by atoms with Crippen molar-refractivity contribution in [1.82, 2.24) is 14.9 Å². The summed E-state index contributed by atoms with van der Waals surface area (Å²) >= 11 is 0. The van der Waals surface area contributed by atoms with Gasteiger partial charge in [-0.2, -0.15) is 0 Å². The van der Waals surface area contributed by atoms with E-state index in [0.29, 0.717) is 6.54 Å². The molecule has 0 spiro atoms. The Morgan fingerprint density at radius 1 is 1.86 bits per heavy atom. The number of aryl methyl sites for hydroxylation is 1. The number of nitrogens with one attached hydrogen (secondary N) is 1. The van der Waals surface area contributed by atoms with E-state index >= 15 is 0 Å². The number of aliphatic carboxylic acids is 1. The zero-order chi connectivity index (χ0) is 10.6. The van der Waals surface area contributed by atoms with Gasteiger partial charge in [0.2, 0.25) is 0 Å². The second kappa shape index (κ2) is 4.73. The van der Waals surface area contributed by atoms with Crippen LogP contribution >= 0.6 is 0 Å². The highest BCUT2D eigenvalue weighted by atomic mass is 16.4. The number of rotatable bonds is 5. The molecule has 0 bridgehead atoms. The van der Waals surface area contributed by atoms with Crippen LogP contribution in [-0.4, -0.2) is 33.2 Å². The third-order valence-corrected chi connectivity index (χ3v) is 1.89. The van der Waals surface area contributed by atoms with Crippen LogP contribution in [0.25, 0.3) is 0 Å². The lowest BCUT2D eigenvalue weighted by Gasteiger charge is -2.07. The van der Waals surface area contributed by atoms with Crippen molar-refractivity contribution < 1.29 is 9.90 Å². The smallest absolute Gasteiger partial charge is 0.321 e. The van der Waals surface area contributed by atoms with Crippen LogP contribution < -0.4 is 11.1 Å². The molecule has 1 rings (SSSR count). The number of carbonyl (C=O) groups is 1. The summed E-state index contributed by atoms with van der Waals surface area (Å²) in [5.41, 5.74) is 5.30. The maximum absolute atomic E-state index is 10.4. The Balaban J connectivity index is 2.29. The Morgan fingerprint density at radius 3 is 3.07 bits per heavy atom. The summed E-state index contributed by atoms with van der Waals surface area (Å²) in [7, 11) is 1.88. The first-order chi connectivity index (χ1) is 6.61. The molecular formula is C8H14N4O2. The summed E-state index contributed by atoms with van der Waals surface area (Å²) in [6.07, 6.45) is 3.52. The third-order valence-electron chi connectivity index (χ3n) is 1.89. The van der Waals surface area contributed by atoms with Gasteiger partial charge in [-0.25, -0.2) is 4.98 Å². The fourth-order valence-electron chi connectivity index (χ4n) is 0.994. The van der Waals surface area contributed by atoms with E-state index in [1.54, 1.807) is 6.20 Å². The van der Waals surface area contributed by atoms with Crippen LogP contribution in [0.3, 0.4) is 0 Å². The number of nitrogens with two attached hydrogens (primary N) is 1. The molecule has 0 aliphatic heterocycles. The van der Waals surface area contributed by atoms with Crippen LogP contribution in [0.15, 0.2) is 12.4 Å². The first-order valence-electron chi connectivity index (χ1n) is 4.26. The molecule has 1 aromatic heterocycles. The Hall–Kier alpha value is -1.40. The van der Waals surface area contributed by atoms with Crippen LogP contribution in [0.4, 0.5) is 0 Å². The van der Waals surface area contributed by atoms with Gasteiger partial charge in [-0.05, 0) is 0 Å². The highest BCUT2D eigenvalue weighted by Gasteiger charge is 2.10. The Labute approximate surface area is 81.7 Å². The molecule has 14 heavy (non-hydrogen) atoms. The van der Waals surface area contributed by atoms with Crippen molar-refractivity contribution in [2.24, 2.45) is 12.8 Å². The van der Waals surface area contributed by atoms with Crippen LogP contribution in [0.1, 0.15) is 5.82 Å². The van der Waals surface area contributed by atoms with E-state index in [0.717, 1.165) is 5.82 Å². The van der Waals surface area contributed by atoms with Crippen molar-refractivity contribution >= 4 is 5.97 Å². The third kappa shape index (κ3) is 2.82. The second-order valence-electron chi connectivity index (χ2n) is 3.03. The summed E-state index contributed by atoms with van der Waals surface area (Å²) < 4.78 is 1.86. The van der Waals surface area contributed by atoms with E-state index in [4.69, 9.17) is 10.8 Å². The summed E-state index contributed by atoms with van der Waals surface area (Å²) in [6, 6.07) is -0.865. The lowest BCUT2D eigenvalue weighted by molar-refractivity contribution is -0.138. The zero-order valence-electron chi connectivity index (χ0n) is 7.97. The molecule has 78 valence electrons. The number of imidazole rings is 1. The number of carboxylic acid groups (broad SMARTS) is 1. The highest BCUT2D eigenvalue weighted by molar-refractivity contribution is 5.73. The molecule has 0 aliphatic rings. The number of hydrogen-bond acceptors (Lipinski definition) is 4. The summed E-state index contributed by atoms with van der Waals surface area (Å²) in [5, 5.41) is 11.4. The van der Waals surface area contributed by atoms with Crippen molar-refractivity contribution in [1.29, 1.82) is 0 Å². The van der Waals surface area contributed by atoms with Crippen LogP contribution in [0.5, 0.6) is 0 Å². The first-order valence-corrected chi connectivity index (χ1v) is 4.26. The lowest BCUT2D eigenvalue weighted by atomic mass is 10.3. The average molecular weight is 198 g/mol. The minimum absolute atomic E-state index is 0.238. The van der Waals surface area contributed by atoms with Crippen molar-refractivity contribution in [3.8, 4) is 0 Å². The minimum Gasteiger partial charge on any atom is -0.480 e. The van der Waals surface area contributed by atoms with Gasteiger partial charge in [0.05, 0.1) is 6.54 Å². The molecule has 0 saturated carbocycles. The lowest BCUT2D eigenvalue weighted by Crippen LogP contribution is -2.40. The fraction of sp³-hybridized carbons (Fsp3) is 0.500. The molecule has 0 aromatic carbocycles. The molecular weight excluding hydrogens is 184 g/mol. The monoisotopic (exact) mass is 198 g/mol. The molecule has 4 N–H and O–H groups in total. The molecule has 1 aromatic rings. The van der Waals surface area contributed by atoms with E-state index in [9.17, 15) is 4.79 Å². The van der Waals surface area contributed by atoms with Crippen molar-refractivity contribution in [3.63, 3.8) is 0 Å². The number of hydrogen-bond donors (Lipinski definition) is 3. The number of nitrogens with zero attached hydrogens (tertiary/aromatic N) is 2. The maximum atomic E-state index is 10.4. The van der Waals surface area contributed by atoms with Crippen LogP contribution in [-0.2, 0) is 18.4 Å². The normalized spacial score (nSPS) is 12.7. The van der Waals surface area contributed by atoms with Crippen LogP contribution in [0.2, 0.25) is 0 Å². The van der Waals surface area contributed by atoms with Crippen molar-refractivity contribution in [2.75, 3.05) is 6.54 Å². The van der Waals surface area contributed by atoms with E-state index in [-0.39, 0.29) is 6.54 Å². The summed E-state index contributed by atoms with van der Waals surface area (Å²) in [5.74, 6) is -0.153. The summed E-state index contributed by atoms with van der Waals surface area (Å²) in [6.45, 7) is 0.757. The van der Waals surface area contributed by atoms with E-state index in [1.807, 2.05) is 17.8 Å². The van der Waals surface area contributed by atoms with Gasteiger partial charge in [0.25, 0.3) is 0 Å². The average Bonchev–Trinajstić information content (AvgIpc) is 2.51. The molecule has 1 heterocycles. The Kier molecular flexibility index (Phi) is 3.61. The fourth-order valence-corrected chi connectivity index (χ4v) is 0.994. The minimum atomic E-state index is -1.00. The van der Waals surface area contributed by atoms with Gasteiger partial charge in [-0.15, -0.1) is 0 Å². The van der Waals surface area contributed by atoms with Gasteiger partial charge in [0.1, 0.15) is 11.9 Å². The second-order valence-corrected chi connectivity index (χ2v) is 3.03. The summed E-state index contributed by atoms with van der Waals surface area (Å²) in [4.78, 5) is 14.4. The number of carboxylic acids is 1. The molecule has 0 amide bonds. The predicted octanol–water partition coefficient (Wildman–Crippen LogP) is -1.08. The van der Waals surface area contributed by atoms with Crippen molar-refractivity contribution in [3.05, 3.63) is 18.2 Å². The van der Waals surface area contributed by atoms with E-state index in [2.05, 4.69) is 10.3 Å². The van der Waals surface area contributed by atoms with E-state index < -0.39 is 12.0 Å². The number of aromatic nitrogens is 2. The van der Waals surface area contributed by atoms with Gasteiger partial charge in [-0.1, -0.05) is 0 Å². The molecule has 0 radical (unpaired) electrons. The maximum Gasteiger partial charge on any atom is 0.321 e. The molecule has 6 heteroatoms. The molecule has 0 saturated heterocycles. The van der Waals surface area contributed by atoms with Crippen LogP contribution in [0, 0.1) is 0 Å². The molecule has 1 atom stereocenters. The zero-order valence-corrected chi connectivity index (χ0v) is 7.97.